The molecular weight excluding hydrogens is 312 g/mol. The largest absolute Gasteiger partial charge is 0.320 e. The Morgan fingerprint density at radius 2 is 2.20 bits per heavy atom. The number of nitrogens with zero attached hydrogens (tertiary/aromatic N) is 1. The number of thiophene rings is 2. The van der Waals surface area contributed by atoms with E-state index in [-0.39, 0.29) is 0 Å². The van der Waals surface area contributed by atoms with Gasteiger partial charge in [-0.15, -0.1) is 22.7 Å². The highest BCUT2D eigenvalue weighted by atomic mass is 32.2. The molecule has 0 amide bonds. The van der Waals surface area contributed by atoms with Crippen LogP contribution in [0, 0.1) is 11.8 Å². The molecule has 0 atom stereocenters. The van der Waals surface area contributed by atoms with Gasteiger partial charge in [-0.1, -0.05) is 17.9 Å². The Morgan fingerprint density at radius 1 is 1.40 bits per heavy atom. The summed E-state index contributed by atoms with van der Waals surface area (Å²) in [5.74, 6) is 5.71. The zero-order valence-electron chi connectivity index (χ0n) is 10.9. The van der Waals surface area contributed by atoms with Crippen molar-refractivity contribution in [1.29, 1.82) is 0 Å². The predicted octanol–water partition coefficient (Wildman–Crippen LogP) is 1.94. The minimum absolute atomic E-state index is 0.317. The van der Waals surface area contributed by atoms with Crippen LogP contribution >= 0.6 is 22.7 Å². The number of hydrogen-bond donors (Lipinski definition) is 1. The van der Waals surface area contributed by atoms with Crippen molar-refractivity contribution in [2.75, 3.05) is 13.6 Å². The van der Waals surface area contributed by atoms with E-state index in [0.717, 1.165) is 10.4 Å². The van der Waals surface area contributed by atoms with Crippen molar-refractivity contribution < 1.29 is 8.42 Å². The van der Waals surface area contributed by atoms with Crippen LogP contribution in [0.25, 0.3) is 0 Å². The summed E-state index contributed by atoms with van der Waals surface area (Å²) >= 11 is 2.72. The van der Waals surface area contributed by atoms with Crippen LogP contribution in [0.15, 0.2) is 33.2 Å². The molecule has 2 heterocycles. The third-order valence-corrected chi connectivity index (χ3v) is 6.62. The van der Waals surface area contributed by atoms with Crippen molar-refractivity contribution in [3.63, 3.8) is 0 Å². The highest BCUT2D eigenvalue weighted by Crippen LogP contribution is 2.23. The molecule has 4 nitrogen and oxygen atoms in total. The molecular formula is C13H14N2O2S3. The lowest BCUT2D eigenvalue weighted by Gasteiger charge is -2.14. The van der Waals surface area contributed by atoms with Gasteiger partial charge in [0.2, 0.25) is 0 Å². The van der Waals surface area contributed by atoms with Gasteiger partial charge in [0.15, 0.2) is 0 Å². The maximum absolute atomic E-state index is 12.3. The van der Waals surface area contributed by atoms with Crippen molar-refractivity contribution in [3.05, 3.63) is 39.4 Å². The summed E-state index contributed by atoms with van der Waals surface area (Å²) in [5.41, 5.74) is 6.19. The molecule has 0 spiro atoms. The fourth-order valence-electron chi connectivity index (χ4n) is 1.55. The van der Waals surface area contributed by atoms with E-state index >= 15 is 0 Å². The zero-order valence-corrected chi connectivity index (χ0v) is 13.3. The van der Waals surface area contributed by atoms with Crippen LogP contribution in [-0.2, 0) is 16.6 Å². The average Bonchev–Trinajstić information content (AvgIpc) is 3.07. The van der Waals surface area contributed by atoms with Crippen LogP contribution in [-0.4, -0.2) is 26.3 Å². The van der Waals surface area contributed by atoms with Gasteiger partial charge >= 0.3 is 0 Å². The topological polar surface area (TPSA) is 63.4 Å². The summed E-state index contributed by atoms with van der Waals surface area (Å²) in [6, 6.07) is 5.24. The summed E-state index contributed by atoms with van der Waals surface area (Å²) in [7, 11) is -1.82. The lowest BCUT2D eigenvalue weighted by atomic mass is 10.3. The predicted molar refractivity (Wildman–Crippen MR) is 83.2 cm³/mol. The fraction of sp³-hybridized carbons (Fsp3) is 0.231. The van der Waals surface area contributed by atoms with E-state index in [4.69, 9.17) is 5.73 Å². The minimum atomic E-state index is -3.40. The third kappa shape index (κ3) is 3.48. The van der Waals surface area contributed by atoms with Gasteiger partial charge in [0.25, 0.3) is 10.0 Å². The monoisotopic (exact) mass is 326 g/mol. The Labute approximate surface area is 126 Å². The van der Waals surface area contributed by atoms with Crippen LogP contribution in [0.5, 0.6) is 0 Å². The summed E-state index contributed by atoms with van der Waals surface area (Å²) in [6.45, 7) is 0.660. The van der Waals surface area contributed by atoms with Crippen LogP contribution in [0.2, 0.25) is 0 Å². The summed E-state index contributed by atoms with van der Waals surface area (Å²) in [5, 5.41) is 3.66. The molecule has 2 aromatic rings. The van der Waals surface area contributed by atoms with E-state index in [9.17, 15) is 8.42 Å². The second-order valence-electron chi connectivity index (χ2n) is 4.00. The third-order valence-electron chi connectivity index (χ3n) is 2.53. The van der Waals surface area contributed by atoms with Gasteiger partial charge in [0.05, 0.1) is 6.54 Å². The van der Waals surface area contributed by atoms with E-state index in [1.807, 2.05) is 11.4 Å². The second kappa shape index (κ2) is 6.52. The molecule has 0 saturated carbocycles. The highest BCUT2D eigenvalue weighted by molar-refractivity contribution is 7.91. The molecule has 2 aromatic heterocycles. The molecule has 106 valence electrons. The molecule has 0 fully saturated rings. The van der Waals surface area contributed by atoms with E-state index in [1.54, 1.807) is 24.6 Å². The maximum atomic E-state index is 12.3. The molecule has 7 heteroatoms. The van der Waals surface area contributed by atoms with E-state index in [2.05, 4.69) is 11.8 Å². The second-order valence-corrected chi connectivity index (χ2v) is 8.22. The standard InChI is InChI=1S/C13H14N2O2S3/c1-15(20(16,17)13-5-3-7-18-13)9-12-8-11(10-19-12)4-2-6-14/h3,5,7-8,10H,6,9,14H2,1H3. The van der Waals surface area contributed by atoms with Crippen LogP contribution in [0.3, 0.4) is 0 Å². The zero-order chi connectivity index (χ0) is 14.6. The first-order valence-corrected chi connectivity index (χ1v) is 9.00. The molecule has 0 aliphatic heterocycles. The first-order valence-electron chi connectivity index (χ1n) is 5.80. The number of hydrogen-bond acceptors (Lipinski definition) is 5. The Bertz CT molecular complexity index is 721. The normalized spacial score (nSPS) is 11.3. The van der Waals surface area contributed by atoms with Crippen molar-refractivity contribution in [2.24, 2.45) is 5.73 Å². The van der Waals surface area contributed by atoms with Gasteiger partial charge in [-0.25, -0.2) is 8.42 Å². The average molecular weight is 326 g/mol. The molecule has 20 heavy (non-hydrogen) atoms. The Hall–Kier alpha value is -1.17. The van der Waals surface area contributed by atoms with Gasteiger partial charge in [-0.2, -0.15) is 4.31 Å². The Kier molecular flexibility index (Phi) is 4.96. The van der Waals surface area contributed by atoms with Gasteiger partial charge in [0.1, 0.15) is 4.21 Å². The molecule has 0 radical (unpaired) electrons. The Morgan fingerprint density at radius 3 is 2.85 bits per heavy atom. The van der Waals surface area contributed by atoms with Crippen molar-refractivity contribution in [2.45, 2.75) is 10.8 Å². The summed E-state index contributed by atoms with van der Waals surface area (Å²) in [4.78, 5) is 0.953. The molecule has 2 rings (SSSR count). The van der Waals surface area contributed by atoms with Gasteiger partial charge in [0, 0.05) is 29.4 Å². The Balaban J connectivity index is 2.12. The summed E-state index contributed by atoms with van der Waals surface area (Å²) in [6.07, 6.45) is 0. The van der Waals surface area contributed by atoms with E-state index < -0.39 is 10.0 Å². The van der Waals surface area contributed by atoms with Gasteiger partial charge < -0.3 is 5.73 Å². The van der Waals surface area contributed by atoms with Gasteiger partial charge in [-0.05, 0) is 17.5 Å². The maximum Gasteiger partial charge on any atom is 0.252 e. The SMILES string of the molecule is CN(Cc1cc(C#CCN)cs1)S(=O)(=O)c1cccs1. The number of nitrogens with two attached hydrogens (primary N) is 1. The molecule has 0 unspecified atom stereocenters. The molecule has 0 aliphatic carbocycles. The lowest BCUT2D eigenvalue weighted by Crippen LogP contribution is -2.25. The summed E-state index contributed by atoms with van der Waals surface area (Å²) < 4.78 is 26.3. The fourth-order valence-corrected chi connectivity index (χ4v) is 4.85. The highest BCUT2D eigenvalue weighted by Gasteiger charge is 2.22. The van der Waals surface area contributed by atoms with Crippen molar-refractivity contribution in [3.8, 4) is 11.8 Å². The quantitative estimate of drug-likeness (QED) is 0.873. The van der Waals surface area contributed by atoms with Crippen molar-refractivity contribution >= 4 is 32.7 Å². The molecule has 0 aliphatic rings. The first kappa shape index (κ1) is 15.2. The minimum Gasteiger partial charge on any atom is -0.320 e. The van der Waals surface area contributed by atoms with Crippen LogP contribution in [0.4, 0.5) is 0 Å². The molecule has 2 N–H and O–H groups in total. The van der Waals surface area contributed by atoms with Crippen LogP contribution < -0.4 is 5.73 Å². The van der Waals surface area contributed by atoms with E-state index in [0.29, 0.717) is 17.3 Å². The molecule has 0 bridgehead atoms. The smallest absolute Gasteiger partial charge is 0.252 e. The van der Waals surface area contributed by atoms with Crippen LogP contribution in [0.1, 0.15) is 10.4 Å². The molecule has 0 aromatic carbocycles. The number of sulfonamides is 1. The first-order chi connectivity index (χ1) is 9.54. The lowest BCUT2D eigenvalue weighted by molar-refractivity contribution is 0.471. The number of rotatable bonds is 4. The van der Waals surface area contributed by atoms with Crippen molar-refractivity contribution in [1.82, 2.24) is 4.31 Å². The van der Waals surface area contributed by atoms with Gasteiger partial charge in [-0.3, -0.25) is 0 Å². The molecule has 0 saturated heterocycles. The van der Waals surface area contributed by atoms with E-state index in [1.165, 1.54) is 27.0 Å².